The van der Waals surface area contributed by atoms with Crippen LogP contribution >= 0.6 is 0 Å². The van der Waals surface area contributed by atoms with E-state index in [0.29, 0.717) is 6.04 Å². The Morgan fingerprint density at radius 2 is 2.11 bits per heavy atom. The largest absolute Gasteiger partial charge is 0.380 e. The van der Waals surface area contributed by atoms with Gasteiger partial charge in [-0.15, -0.1) is 0 Å². The van der Waals surface area contributed by atoms with Crippen LogP contribution in [0.1, 0.15) is 58.1 Å². The summed E-state index contributed by atoms with van der Waals surface area (Å²) in [7, 11) is 2.00. The van der Waals surface area contributed by atoms with Gasteiger partial charge in [0.1, 0.15) is 0 Å². The minimum Gasteiger partial charge on any atom is -0.380 e. The van der Waals surface area contributed by atoms with Gasteiger partial charge >= 0.3 is 0 Å². The lowest BCUT2D eigenvalue weighted by Crippen LogP contribution is -2.18. The third-order valence-electron chi connectivity index (χ3n) is 4.27. The summed E-state index contributed by atoms with van der Waals surface area (Å²) < 4.78 is 1.92. The Morgan fingerprint density at radius 3 is 2.83 bits per heavy atom. The summed E-state index contributed by atoms with van der Waals surface area (Å²) in [4.78, 5) is 0. The van der Waals surface area contributed by atoms with Crippen LogP contribution in [0.5, 0.6) is 0 Å². The predicted molar refractivity (Wildman–Crippen MR) is 76.9 cm³/mol. The van der Waals surface area contributed by atoms with Crippen molar-refractivity contribution < 1.29 is 0 Å². The normalized spacial score (nSPS) is 24.8. The third-order valence-corrected chi connectivity index (χ3v) is 4.27. The second-order valence-corrected chi connectivity index (χ2v) is 5.64. The molecular weight excluding hydrogens is 222 g/mol. The van der Waals surface area contributed by atoms with Crippen LogP contribution in [0.3, 0.4) is 0 Å². The van der Waals surface area contributed by atoms with E-state index in [1.54, 1.807) is 0 Å². The van der Waals surface area contributed by atoms with Crippen LogP contribution in [0.2, 0.25) is 0 Å². The fraction of sp³-hybridized carbons (Fsp3) is 0.800. The van der Waals surface area contributed by atoms with E-state index in [2.05, 4.69) is 30.5 Å². The second kappa shape index (κ2) is 6.26. The molecule has 102 valence electrons. The molecule has 18 heavy (non-hydrogen) atoms. The number of hydrogen-bond donors (Lipinski definition) is 1. The number of hydrogen-bond acceptors (Lipinski definition) is 2. The molecule has 1 N–H and O–H groups in total. The maximum atomic E-state index is 4.50. The number of rotatable bonds is 4. The van der Waals surface area contributed by atoms with E-state index in [4.69, 9.17) is 0 Å². The fourth-order valence-electron chi connectivity index (χ4n) is 3.07. The predicted octanol–water partition coefficient (Wildman–Crippen LogP) is 3.75. The van der Waals surface area contributed by atoms with E-state index in [1.165, 1.54) is 49.9 Å². The maximum Gasteiger partial charge on any atom is 0.0853 e. The standard InChI is InChI=1S/C15H27N3/c1-4-12-7-6-8-13(10-9-12)16-15-11-18(3)17-14(15)5-2/h11-13,16H,4-10H2,1-3H3. The lowest BCUT2D eigenvalue weighted by Gasteiger charge is -2.17. The first-order chi connectivity index (χ1) is 8.72. The Morgan fingerprint density at radius 1 is 1.28 bits per heavy atom. The van der Waals surface area contributed by atoms with Crippen LogP contribution in [0.15, 0.2) is 6.20 Å². The van der Waals surface area contributed by atoms with Crippen LogP contribution in [0.25, 0.3) is 0 Å². The van der Waals surface area contributed by atoms with Gasteiger partial charge in [0, 0.05) is 19.3 Å². The molecule has 1 aromatic heterocycles. The molecule has 1 aliphatic carbocycles. The molecule has 3 heteroatoms. The van der Waals surface area contributed by atoms with E-state index < -0.39 is 0 Å². The topological polar surface area (TPSA) is 29.9 Å². The Hall–Kier alpha value is -0.990. The first-order valence-corrected chi connectivity index (χ1v) is 7.52. The Labute approximate surface area is 111 Å². The summed E-state index contributed by atoms with van der Waals surface area (Å²) >= 11 is 0. The van der Waals surface area contributed by atoms with Gasteiger partial charge in [-0.25, -0.2) is 0 Å². The van der Waals surface area contributed by atoms with Crippen LogP contribution < -0.4 is 5.32 Å². The lowest BCUT2D eigenvalue weighted by molar-refractivity contribution is 0.444. The number of nitrogens with one attached hydrogen (secondary N) is 1. The van der Waals surface area contributed by atoms with Crippen molar-refractivity contribution in [1.82, 2.24) is 9.78 Å². The quantitative estimate of drug-likeness (QED) is 0.824. The molecule has 1 fully saturated rings. The van der Waals surface area contributed by atoms with Crippen LogP contribution in [-0.2, 0) is 13.5 Å². The number of nitrogens with zero attached hydrogens (tertiary/aromatic N) is 2. The molecule has 0 amide bonds. The molecule has 0 aliphatic heterocycles. The van der Waals surface area contributed by atoms with Gasteiger partial charge in [-0.1, -0.05) is 33.1 Å². The van der Waals surface area contributed by atoms with E-state index in [9.17, 15) is 0 Å². The number of aromatic nitrogens is 2. The first-order valence-electron chi connectivity index (χ1n) is 7.52. The van der Waals surface area contributed by atoms with E-state index in [0.717, 1.165) is 12.3 Å². The SMILES string of the molecule is CCc1nn(C)cc1NC1CCCC(CC)CC1. The van der Waals surface area contributed by atoms with Crippen molar-refractivity contribution in [2.24, 2.45) is 13.0 Å². The molecule has 0 aromatic carbocycles. The van der Waals surface area contributed by atoms with Gasteiger partial charge in [0.05, 0.1) is 11.4 Å². The smallest absolute Gasteiger partial charge is 0.0853 e. The summed E-state index contributed by atoms with van der Waals surface area (Å²) in [6.45, 7) is 4.50. The third kappa shape index (κ3) is 3.27. The van der Waals surface area contributed by atoms with E-state index >= 15 is 0 Å². The molecule has 0 radical (unpaired) electrons. The van der Waals surface area contributed by atoms with Crippen molar-refractivity contribution in [2.75, 3.05) is 5.32 Å². The summed E-state index contributed by atoms with van der Waals surface area (Å²) in [5, 5.41) is 8.23. The highest BCUT2D eigenvalue weighted by Gasteiger charge is 2.18. The van der Waals surface area contributed by atoms with Crippen molar-refractivity contribution in [2.45, 2.75) is 64.8 Å². The number of anilines is 1. The lowest BCUT2D eigenvalue weighted by atomic mass is 9.98. The fourth-order valence-corrected chi connectivity index (χ4v) is 3.07. The Bertz CT molecular complexity index is 370. The molecule has 2 rings (SSSR count). The monoisotopic (exact) mass is 249 g/mol. The molecule has 1 saturated carbocycles. The molecular formula is C15H27N3. The summed E-state index contributed by atoms with van der Waals surface area (Å²) in [5.41, 5.74) is 2.45. The first kappa shape index (κ1) is 13.4. The summed E-state index contributed by atoms with van der Waals surface area (Å²) in [5.74, 6) is 0.955. The average Bonchev–Trinajstić information content (AvgIpc) is 2.59. The van der Waals surface area contributed by atoms with Gasteiger partial charge in [0.15, 0.2) is 0 Å². The number of aryl methyl sites for hydroxylation is 2. The van der Waals surface area contributed by atoms with Gasteiger partial charge in [0.25, 0.3) is 0 Å². The van der Waals surface area contributed by atoms with Crippen molar-refractivity contribution in [3.8, 4) is 0 Å². The van der Waals surface area contributed by atoms with Gasteiger partial charge in [-0.2, -0.15) is 5.10 Å². The molecule has 1 aromatic rings. The zero-order valence-electron chi connectivity index (χ0n) is 12.1. The Kier molecular flexibility index (Phi) is 4.67. The summed E-state index contributed by atoms with van der Waals surface area (Å²) in [6, 6.07) is 0.649. The minimum absolute atomic E-state index is 0.649. The van der Waals surface area contributed by atoms with Crippen molar-refractivity contribution >= 4 is 5.69 Å². The van der Waals surface area contributed by atoms with E-state index in [1.807, 2.05) is 11.7 Å². The molecule has 3 nitrogen and oxygen atoms in total. The minimum atomic E-state index is 0.649. The highest BCUT2D eigenvalue weighted by molar-refractivity contribution is 5.47. The van der Waals surface area contributed by atoms with Crippen LogP contribution in [0.4, 0.5) is 5.69 Å². The molecule has 2 atom stereocenters. The molecule has 2 unspecified atom stereocenters. The maximum absolute atomic E-state index is 4.50. The summed E-state index contributed by atoms with van der Waals surface area (Å²) in [6.07, 6.45) is 11.3. The van der Waals surface area contributed by atoms with Gasteiger partial charge in [0.2, 0.25) is 0 Å². The van der Waals surface area contributed by atoms with Crippen molar-refractivity contribution in [3.63, 3.8) is 0 Å². The average molecular weight is 249 g/mol. The second-order valence-electron chi connectivity index (χ2n) is 5.64. The zero-order valence-corrected chi connectivity index (χ0v) is 12.1. The molecule has 1 aliphatic rings. The highest BCUT2D eigenvalue weighted by atomic mass is 15.3. The van der Waals surface area contributed by atoms with Crippen molar-refractivity contribution in [3.05, 3.63) is 11.9 Å². The highest BCUT2D eigenvalue weighted by Crippen LogP contribution is 2.28. The van der Waals surface area contributed by atoms with Gasteiger partial charge < -0.3 is 5.32 Å². The molecule has 0 saturated heterocycles. The Balaban J connectivity index is 1.96. The van der Waals surface area contributed by atoms with Crippen LogP contribution in [-0.4, -0.2) is 15.8 Å². The van der Waals surface area contributed by atoms with Gasteiger partial charge in [-0.3, -0.25) is 4.68 Å². The molecule has 0 spiro atoms. The van der Waals surface area contributed by atoms with Crippen molar-refractivity contribution in [1.29, 1.82) is 0 Å². The molecule has 1 heterocycles. The zero-order chi connectivity index (χ0) is 13.0. The van der Waals surface area contributed by atoms with Crippen LogP contribution in [0, 0.1) is 5.92 Å². The molecule has 0 bridgehead atoms. The van der Waals surface area contributed by atoms with Gasteiger partial charge in [-0.05, 0) is 31.6 Å². The van der Waals surface area contributed by atoms with E-state index in [-0.39, 0.29) is 0 Å².